The van der Waals surface area contributed by atoms with Gasteiger partial charge in [-0.2, -0.15) is 0 Å². The molecule has 2 rings (SSSR count). The lowest BCUT2D eigenvalue weighted by Gasteiger charge is -2.23. The van der Waals surface area contributed by atoms with Crippen molar-refractivity contribution in [3.8, 4) is 5.75 Å². The number of hydrogen-bond donors (Lipinski definition) is 0. The van der Waals surface area contributed by atoms with Crippen LogP contribution in [0.5, 0.6) is 5.75 Å². The molecule has 0 aliphatic carbocycles. The number of rotatable bonds is 7. The molecular weight excluding hydrogens is 328 g/mol. The smallest absolute Gasteiger partial charge is 0.128 e. The van der Waals surface area contributed by atoms with Crippen molar-refractivity contribution >= 4 is 21.7 Å². The average Bonchev–Trinajstić information content (AvgIpc) is 2.52. The summed E-state index contributed by atoms with van der Waals surface area (Å²) in [6.07, 6.45) is 2.83. The minimum Gasteiger partial charge on any atom is -0.493 e. The van der Waals surface area contributed by atoms with Crippen molar-refractivity contribution < 1.29 is 4.74 Å². The van der Waals surface area contributed by atoms with Gasteiger partial charge in [-0.1, -0.05) is 28.9 Å². The van der Waals surface area contributed by atoms with Gasteiger partial charge in [-0.15, -0.1) is 0 Å². The Hall–Kier alpha value is -1.55. The van der Waals surface area contributed by atoms with Crippen molar-refractivity contribution in [2.75, 3.05) is 18.1 Å². The predicted molar refractivity (Wildman–Crippen MR) is 90.9 cm³/mol. The molecule has 0 aliphatic heterocycles. The van der Waals surface area contributed by atoms with E-state index in [0.717, 1.165) is 42.2 Å². The van der Waals surface area contributed by atoms with Gasteiger partial charge in [0.15, 0.2) is 0 Å². The summed E-state index contributed by atoms with van der Waals surface area (Å²) < 4.78 is 6.92. The lowest BCUT2D eigenvalue weighted by Crippen LogP contribution is -2.23. The van der Waals surface area contributed by atoms with E-state index in [0.29, 0.717) is 0 Å². The highest BCUT2D eigenvalue weighted by Crippen LogP contribution is 2.26. The Labute approximate surface area is 135 Å². The van der Waals surface area contributed by atoms with Crippen molar-refractivity contribution in [1.82, 2.24) is 4.98 Å². The summed E-state index contributed by atoms with van der Waals surface area (Å²) in [5, 5.41) is 0. The van der Waals surface area contributed by atoms with Gasteiger partial charge in [0.25, 0.3) is 0 Å². The minimum absolute atomic E-state index is 0.740. The van der Waals surface area contributed by atoms with Crippen molar-refractivity contribution in [3.63, 3.8) is 0 Å². The van der Waals surface area contributed by atoms with Gasteiger partial charge in [-0.25, -0.2) is 4.98 Å². The van der Waals surface area contributed by atoms with E-state index in [9.17, 15) is 0 Å². The molecule has 0 bridgehead atoms. The Morgan fingerprint density at radius 1 is 1.19 bits per heavy atom. The molecule has 0 atom stereocenters. The third-order valence-corrected chi connectivity index (χ3v) is 3.69. The maximum atomic E-state index is 5.85. The van der Waals surface area contributed by atoms with E-state index in [4.69, 9.17) is 4.74 Å². The number of halogens is 1. The number of pyridine rings is 1. The third-order valence-electron chi connectivity index (χ3n) is 3.20. The minimum atomic E-state index is 0.740. The van der Waals surface area contributed by atoms with E-state index >= 15 is 0 Å². The van der Waals surface area contributed by atoms with Gasteiger partial charge in [0.1, 0.15) is 11.6 Å². The zero-order valence-electron chi connectivity index (χ0n) is 12.6. The molecule has 4 heteroatoms. The first-order valence-electron chi connectivity index (χ1n) is 7.31. The number of ether oxygens (including phenoxy) is 1. The maximum Gasteiger partial charge on any atom is 0.128 e. The van der Waals surface area contributed by atoms with E-state index in [2.05, 4.69) is 45.7 Å². The summed E-state index contributed by atoms with van der Waals surface area (Å²) in [6, 6.07) is 12.2. The van der Waals surface area contributed by atoms with Gasteiger partial charge in [0.2, 0.25) is 0 Å². The zero-order chi connectivity index (χ0) is 15.1. The number of benzene rings is 1. The van der Waals surface area contributed by atoms with Crippen LogP contribution >= 0.6 is 15.9 Å². The van der Waals surface area contributed by atoms with E-state index in [1.165, 1.54) is 5.56 Å². The second-order valence-electron chi connectivity index (χ2n) is 4.80. The SMILES string of the molecule is CCCOc1ccc(Br)cc1CN(CC)c1ccccn1. The molecule has 0 unspecified atom stereocenters. The first kappa shape index (κ1) is 15.8. The fourth-order valence-corrected chi connectivity index (χ4v) is 2.53. The van der Waals surface area contributed by atoms with Crippen molar-refractivity contribution in [2.24, 2.45) is 0 Å². The van der Waals surface area contributed by atoms with Gasteiger partial charge in [-0.05, 0) is 43.7 Å². The molecule has 112 valence electrons. The zero-order valence-corrected chi connectivity index (χ0v) is 14.1. The molecule has 0 spiro atoms. The van der Waals surface area contributed by atoms with Crippen LogP contribution in [-0.4, -0.2) is 18.1 Å². The fourth-order valence-electron chi connectivity index (χ4n) is 2.13. The topological polar surface area (TPSA) is 25.4 Å². The molecule has 1 aromatic carbocycles. The fraction of sp³-hybridized carbons (Fsp3) is 0.353. The molecule has 0 aliphatic rings. The monoisotopic (exact) mass is 348 g/mol. The van der Waals surface area contributed by atoms with Crippen LogP contribution in [-0.2, 0) is 6.54 Å². The van der Waals surface area contributed by atoms with Crippen LogP contribution in [0.2, 0.25) is 0 Å². The first-order valence-corrected chi connectivity index (χ1v) is 8.11. The highest BCUT2D eigenvalue weighted by Gasteiger charge is 2.11. The van der Waals surface area contributed by atoms with Gasteiger partial charge < -0.3 is 9.64 Å². The van der Waals surface area contributed by atoms with Gasteiger partial charge >= 0.3 is 0 Å². The molecule has 0 N–H and O–H groups in total. The molecule has 0 fully saturated rings. The molecule has 21 heavy (non-hydrogen) atoms. The Kier molecular flexibility index (Phi) is 6.05. The lowest BCUT2D eigenvalue weighted by atomic mass is 10.2. The summed E-state index contributed by atoms with van der Waals surface area (Å²) in [5.74, 6) is 1.94. The first-order chi connectivity index (χ1) is 10.2. The second-order valence-corrected chi connectivity index (χ2v) is 5.72. The summed E-state index contributed by atoms with van der Waals surface area (Å²) >= 11 is 3.54. The summed E-state index contributed by atoms with van der Waals surface area (Å²) in [7, 11) is 0. The summed E-state index contributed by atoms with van der Waals surface area (Å²) in [5.41, 5.74) is 1.17. The van der Waals surface area contributed by atoms with Crippen LogP contribution in [0.3, 0.4) is 0 Å². The molecule has 0 amide bonds. The number of anilines is 1. The lowest BCUT2D eigenvalue weighted by molar-refractivity contribution is 0.314. The van der Waals surface area contributed by atoms with Crippen LogP contribution < -0.4 is 9.64 Å². The van der Waals surface area contributed by atoms with E-state index in [1.807, 2.05) is 36.5 Å². The normalized spacial score (nSPS) is 10.4. The van der Waals surface area contributed by atoms with Crippen LogP contribution in [0, 0.1) is 0 Å². The molecule has 0 saturated carbocycles. The second kappa shape index (κ2) is 8.03. The number of nitrogens with zero attached hydrogens (tertiary/aromatic N) is 2. The average molecular weight is 349 g/mol. The Morgan fingerprint density at radius 3 is 2.71 bits per heavy atom. The summed E-state index contributed by atoms with van der Waals surface area (Å²) in [4.78, 5) is 6.67. The van der Waals surface area contributed by atoms with Gasteiger partial charge in [0, 0.05) is 29.3 Å². The van der Waals surface area contributed by atoms with E-state index in [1.54, 1.807) is 0 Å². The van der Waals surface area contributed by atoms with Crippen molar-refractivity contribution in [1.29, 1.82) is 0 Å². The van der Waals surface area contributed by atoms with Crippen LogP contribution in [0.1, 0.15) is 25.8 Å². The van der Waals surface area contributed by atoms with E-state index in [-0.39, 0.29) is 0 Å². The molecule has 1 aromatic heterocycles. The molecule has 0 saturated heterocycles. The van der Waals surface area contributed by atoms with Crippen molar-refractivity contribution in [3.05, 3.63) is 52.6 Å². The molecular formula is C17H21BrN2O. The van der Waals surface area contributed by atoms with Gasteiger partial charge in [0.05, 0.1) is 6.61 Å². The molecule has 1 heterocycles. The van der Waals surface area contributed by atoms with Crippen LogP contribution in [0.25, 0.3) is 0 Å². The maximum absolute atomic E-state index is 5.85. The molecule has 0 radical (unpaired) electrons. The predicted octanol–water partition coefficient (Wildman–Crippen LogP) is 4.66. The third kappa shape index (κ3) is 4.46. The Bertz CT molecular complexity index is 560. The Morgan fingerprint density at radius 2 is 2.05 bits per heavy atom. The van der Waals surface area contributed by atoms with Crippen molar-refractivity contribution in [2.45, 2.75) is 26.8 Å². The van der Waals surface area contributed by atoms with Crippen LogP contribution in [0.4, 0.5) is 5.82 Å². The van der Waals surface area contributed by atoms with Gasteiger partial charge in [-0.3, -0.25) is 0 Å². The molecule has 2 aromatic rings. The Balaban J connectivity index is 2.22. The number of hydrogen-bond acceptors (Lipinski definition) is 3. The van der Waals surface area contributed by atoms with Crippen LogP contribution in [0.15, 0.2) is 47.1 Å². The largest absolute Gasteiger partial charge is 0.493 e. The highest BCUT2D eigenvalue weighted by molar-refractivity contribution is 9.10. The summed E-state index contributed by atoms with van der Waals surface area (Å²) in [6.45, 7) is 6.68. The standard InChI is InChI=1S/C17H21BrN2O/c1-3-11-21-16-9-8-15(18)12-14(16)13-20(4-2)17-7-5-6-10-19-17/h5-10,12H,3-4,11,13H2,1-2H3. The highest BCUT2D eigenvalue weighted by atomic mass is 79.9. The quantitative estimate of drug-likeness (QED) is 0.727. The number of aromatic nitrogens is 1. The molecule has 3 nitrogen and oxygen atoms in total. The van der Waals surface area contributed by atoms with E-state index < -0.39 is 0 Å².